The molecule has 1 aliphatic rings. The molecular formula is C21H19Cl5N2O3. The summed E-state index contributed by atoms with van der Waals surface area (Å²) >= 11 is 31.4. The van der Waals surface area contributed by atoms with Crippen LogP contribution in [0.5, 0.6) is 5.75 Å². The van der Waals surface area contributed by atoms with Crippen molar-refractivity contribution in [1.82, 2.24) is 5.32 Å². The lowest BCUT2D eigenvalue weighted by molar-refractivity contribution is -0.117. The van der Waals surface area contributed by atoms with Crippen LogP contribution in [-0.2, 0) is 4.79 Å². The highest BCUT2D eigenvalue weighted by atomic mass is 35.5. The minimum atomic E-state index is -1.33. The van der Waals surface area contributed by atoms with E-state index >= 15 is 0 Å². The van der Waals surface area contributed by atoms with Crippen molar-refractivity contribution in [1.29, 1.82) is 0 Å². The van der Waals surface area contributed by atoms with E-state index in [1.807, 2.05) is 6.92 Å². The Morgan fingerprint density at radius 1 is 1.06 bits per heavy atom. The minimum Gasteiger partial charge on any atom is -0.494 e. The topological polar surface area (TPSA) is 67.4 Å². The molecule has 0 aliphatic heterocycles. The molecule has 10 heteroatoms. The molecule has 2 aromatic carbocycles. The van der Waals surface area contributed by atoms with E-state index in [-0.39, 0.29) is 16.5 Å². The fourth-order valence-electron chi connectivity index (χ4n) is 3.35. The van der Waals surface area contributed by atoms with E-state index in [2.05, 4.69) is 10.6 Å². The second-order valence-corrected chi connectivity index (χ2v) is 9.75. The van der Waals surface area contributed by atoms with Crippen LogP contribution in [0, 0.1) is 5.92 Å². The van der Waals surface area contributed by atoms with Gasteiger partial charge < -0.3 is 15.4 Å². The number of hydrogen-bond donors (Lipinski definition) is 2. The molecule has 2 atom stereocenters. The first-order chi connectivity index (χ1) is 14.6. The van der Waals surface area contributed by atoms with Crippen molar-refractivity contribution in [2.75, 3.05) is 19.0 Å². The van der Waals surface area contributed by atoms with Gasteiger partial charge in [-0.15, -0.1) is 23.2 Å². The van der Waals surface area contributed by atoms with Crippen molar-refractivity contribution < 1.29 is 14.3 Å². The molecule has 0 unspecified atom stereocenters. The summed E-state index contributed by atoms with van der Waals surface area (Å²) in [4.78, 5) is 25.2. The Bertz CT molecular complexity index is 1010. The van der Waals surface area contributed by atoms with Gasteiger partial charge in [0.15, 0.2) is 5.75 Å². The summed E-state index contributed by atoms with van der Waals surface area (Å²) in [6.07, 6.45) is 0.787. The van der Waals surface area contributed by atoms with E-state index in [9.17, 15) is 9.59 Å². The third-order valence-corrected chi connectivity index (χ3v) is 6.77. The Morgan fingerprint density at radius 3 is 2.29 bits per heavy atom. The summed E-state index contributed by atoms with van der Waals surface area (Å²) in [6, 6.07) is 7.90. The number of carbonyl (C=O) groups is 2. The maximum atomic E-state index is 12.9. The van der Waals surface area contributed by atoms with Crippen LogP contribution in [0.4, 0.5) is 5.69 Å². The van der Waals surface area contributed by atoms with Crippen LogP contribution in [0.3, 0.4) is 0 Å². The average Bonchev–Trinajstić information content (AvgIpc) is 3.29. The van der Waals surface area contributed by atoms with Crippen molar-refractivity contribution in [2.45, 2.75) is 23.6 Å². The molecular weight excluding hydrogens is 506 g/mol. The van der Waals surface area contributed by atoms with Crippen LogP contribution in [0.15, 0.2) is 30.3 Å². The normalized spacial score (nSPS) is 18.9. The van der Waals surface area contributed by atoms with Gasteiger partial charge in [-0.1, -0.05) is 41.7 Å². The van der Waals surface area contributed by atoms with Gasteiger partial charge >= 0.3 is 0 Å². The molecule has 2 amide bonds. The Labute approximate surface area is 205 Å². The lowest BCUT2D eigenvalue weighted by Crippen LogP contribution is -2.24. The molecule has 1 fully saturated rings. The number of anilines is 1. The second-order valence-electron chi connectivity index (χ2n) is 7.09. The molecule has 0 heterocycles. The number of hydrogen-bond acceptors (Lipinski definition) is 3. The molecule has 2 aromatic rings. The third kappa shape index (κ3) is 5.01. The van der Waals surface area contributed by atoms with E-state index < -0.39 is 22.1 Å². The quantitative estimate of drug-likeness (QED) is 0.417. The maximum absolute atomic E-state index is 12.9. The van der Waals surface area contributed by atoms with Crippen LogP contribution < -0.4 is 15.4 Å². The number of halogens is 5. The van der Waals surface area contributed by atoms with Gasteiger partial charge in [-0.05, 0) is 42.3 Å². The van der Waals surface area contributed by atoms with Crippen molar-refractivity contribution in [3.8, 4) is 5.75 Å². The number of ether oxygens (including phenoxy) is 1. The smallest absolute Gasteiger partial charge is 0.252 e. The van der Waals surface area contributed by atoms with Crippen LogP contribution >= 0.6 is 58.0 Å². The van der Waals surface area contributed by atoms with Crippen molar-refractivity contribution in [3.63, 3.8) is 0 Å². The zero-order valence-corrected chi connectivity index (χ0v) is 20.3. The summed E-state index contributed by atoms with van der Waals surface area (Å²) in [6.45, 7) is 2.46. The van der Waals surface area contributed by atoms with Crippen molar-refractivity contribution in [2.24, 2.45) is 5.92 Å². The average molecular weight is 525 g/mol. The Morgan fingerprint density at radius 2 is 1.71 bits per heavy atom. The van der Waals surface area contributed by atoms with Gasteiger partial charge in [0.05, 0.1) is 33.7 Å². The molecule has 3 rings (SSSR count). The van der Waals surface area contributed by atoms with E-state index in [0.717, 1.165) is 6.42 Å². The number of nitrogens with one attached hydrogen (secondary N) is 2. The van der Waals surface area contributed by atoms with E-state index in [4.69, 9.17) is 62.7 Å². The highest BCUT2D eigenvalue weighted by Crippen LogP contribution is 2.65. The Kier molecular flexibility index (Phi) is 7.54. The van der Waals surface area contributed by atoms with E-state index in [1.165, 1.54) is 13.2 Å². The number of benzene rings is 2. The highest BCUT2D eigenvalue weighted by Gasteiger charge is 2.67. The zero-order valence-electron chi connectivity index (χ0n) is 16.6. The number of amides is 2. The molecule has 31 heavy (non-hydrogen) atoms. The summed E-state index contributed by atoms with van der Waals surface area (Å²) in [5.41, 5.74) is 1.28. The molecule has 0 aromatic heterocycles. The fraction of sp³-hybridized carbons (Fsp3) is 0.333. The molecule has 5 nitrogen and oxygen atoms in total. The zero-order chi connectivity index (χ0) is 22.9. The number of carbonyl (C=O) groups excluding carboxylic acids is 2. The van der Waals surface area contributed by atoms with Gasteiger partial charge in [0.2, 0.25) is 5.91 Å². The highest BCUT2D eigenvalue weighted by molar-refractivity contribution is 6.53. The van der Waals surface area contributed by atoms with Gasteiger partial charge in [0, 0.05) is 18.2 Å². The third-order valence-electron chi connectivity index (χ3n) is 4.93. The van der Waals surface area contributed by atoms with E-state index in [1.54, 1.807) is 24.3 Å². The lowest BCUT2D eigenvalue weighted by Gasteiger charge is -2.10. The molecule has 2 N–H and O–H groups in total. The first-order valence-electron chi connectivity index (χ1n) is 9.41. The molecule has 0 radical (unpaired) electrons. The predicted octanol–water partition coefficient (Wildman–Crippen LogP) is 6.32. The first kappa shape index (κ1) is 24.3. The number of methoxy groups -OCH3 is 1. The maximum Gasteiger partial charge on any atom is 0.252 e. The van der Waals surface area contributed by atoms with Gasteiger partial charge in [-0.3, -0.25) is 9.59 Å². The minimum absolute atomic E-state index is 0.261. The second kappa shape index (κ2) is 9.63. The summed E-state index contributed by atoms with van der Waals surface area (Å²) in [5.74, 6) is -1.65. The number of rotatable bonds is 7. The lowest BCUT2D eigenvalue weighted by atomic mass is 10.1. The monoisotopic (exact) mass is 522 g/mol. The van der Waals surface area contributed by atoms with Crippen LogP contribution in [0.1, 0.15) is 35.2 Å². The molecule has 166 valence electrons. The van der Waals surface area contributed by atoms with Crippen LogP contribution in [0.25, 0.3) is 0 Å². The van der Waals surface area contributed by atoms with Crippen LogP contribution in [0.2, 0.25) is 15.1 Å². The molecule has 1 aliphatic carbocycles. The summed E-state index contributed by atoms with van der Waals surface area (Å²) in [5, 5.41) is 6.37. The van der Waals surface area contributed by atoms with Gasteiger partial charge in [0.25, 0.3) is 5.91 Å². The first-order valence-corrected chi connectivity index (χ1v) is 11.3. The molecule has 0 bridgehead atoms. The Hall–Kier alpha value is -1.37. The van der Waals surface area contributed by atoms with Gasteiger partial charge in [-0.25, -0.2) is 0 Å². The largest absolute Gasteiger partial charge is 0.494 e. The summed E-state index contributed by atoms with van der Waals surface area (Å²) in [7, 11) is 1.45. The Balaban J connectivity index is 1.79. The van der Waals surface area contributed by atoms with Crippen LogP contribution in [-0.4, -0.2) is 29.8 Å². The standard InChI is InChI=1S/C21H19Cl5N2O3/c1-3-6-27-19(29)12-9-11(4-5-13(12)22)28-20(30)17-16(21(17,25)26)10-7-14(23)18(31-2)15(24)8-10/h4-5,7-9,16-17H,3,6H2,1-2H3,(H,27,29)(H,28,30)/t16-,17+/m0/s1. The molecule has 0 saturated heterocycles. The fourth-order valence-corrected chi connectivity index (χ4v) is 5.04. The molecule has 0 spiro atoms. The van der Waals surface area contributed by atoms with Gasteiger partial charge in [-0.2, -0.15) is 0 Å². The summed E-state index contributed by atoms with van der Waals surface area (Å²) < 4.78 is 3.81. The molecule has 1 saturated carbocycles. The van der Waals surface area contributed by atoms with Crippen molar-refractivity contribution >= 4 is 75.5 Å². The van der Waals surface area contributed by atoms with Gasteiger partial charge in [0.1, 0.15) is 4.33 Å². The van der Waals surface area contributed by atoms with E-state index in [0.29, 0.717) is 33.6 Å². The number of alkyl halides is 2. The SMILES string of the molecule is CCCNC(=O)c1cc(NC(=O)[C@H]2[C@H](c3cc(Cl)c(OC)c(Cl)c3)C2(Cl)Cl)ccc1Cl. The predicted molar refractivity (Wildman–Crippen MR) is 126 cm³/mol. The van der Waals surface area contributed by atoms with Crippen molar-refractivity contribution in [3.05, 3.63) is 56.5 Å².